The SMILES string of the molecule is COC(=O)Cn1cc(NC(=O)c2ccc(Br)s2)cn1. The van der Waals surface area contributed by atoms with Crippen LogP contribution in [0, 0.1) is 0 Å². The van der Waals surface area contributed by atoms with Crippen molar-refractivity contribution in [1.82, 2.24) is 9.78 Å². The summed E-state index contributed by atoms with van der Waals surface area (Å²) in [5, 5.41) is 6.65. The van der Waals surface area contributed by atoms with Gasteiger partial charge in [0.1, 0.15) is 6.54 Å². The molecule has 0 saturated heterocycles. The van der Waals surface area contributed by atoms with Gasteiger partial charge in [0.05, 0.1) is 27.7 Å². The van der Waals surface area contributed by atoms with E-state index in [-0.39, 0.29) is 12.5 Å². The summed E-state index contributed by atoms with van der Waals surface area (Å²) in [6.07, 6.45) is 3.04. The van der Waals surface area contributed by atoms with Crippen molar-refractivity contribution < 1.29 is 14.3 Å². The van der Waals surface area contributed by atoms with Crippen LogP contribution in [0.5, 0.6) is 0 Å². The van der Waals surface area contributed by atoms with Crippen molar-refractivity contribution in [3.63, 3.8) is 0 Å². The van der Waals surface area contributed by atoms with E-state index in [0.717, 1.165) is 3.79 Å². The Morgan fingerprint density at radius 2 is 2.32 bits per heavy atom. The number of nitrogens with zero attached hydrogens (tertiary/aromatic N) is 2. The molecule has 19 heavy (non-hydrogen) atoms. The Bertz CT molecular complexity index is 608. The van der Waals surface area contributed by atoms with Crippen molar-refractivity contribution in [3.8, 4) is 0 Å². The molecule has 100 valence electrons. The number of anilines is 1. The largest absolute Gasteiger partial charge is 0.468 e. The average Bonchev–Trinajstić information content (AvgIpc) is 2.98. The third-order valence-electron chi connectivity index (χ3n) is 2.21. The molecular formula is C11H10BrN3O3S. The fourth-order valence-electron chi connectivity index (χ4n) is 1.34. The van der Waals surface area contributed by atoms with Crippen LogP contribution >= 0.6 is 27.3 Å². The molecule has 0 bridgehead atoms. The van der Waals surface area contributed by atoms with Gasteiger partial charge in [0.2, 0.25) is 0 Å². The molecule has 2 aromatic heterocycles. The molecule has 0 spiro atoms. The summed E-state index contributed by atoms with van der Waals surface area (Å²) in [5.41, 5.74) is 0.526. The lowest BCUT2D eigenvalue weighted by molar-refractivity contribution is -0.141. The maximum absolute atomic E-state index is 11.9. The Kier molecular flexibility index (Phi) is 4.33. The number of hydrogen-bond donors (Lipinski definition) is 1. The summed E-state index contributed by atoms with van der Waals surface area (Å²) >= 11 is 4.64. The van der Waals surface area contributed by atoms with E-state index < -0.39 is 5.97 Å². The summed E-state index contributed by atoms with van der Waals surface area (Å²) in [5.74, 6) is -0.614. The molecule has 0 saturated carbocycles. The van der Waals surface area contributed by atoms with Gasteiger partial charge in [-0.3, -0.25) is 14.3 Å². The molecule has 0 fully saturated rings. The van der Waals surface area contributed by atoms with E-state index in [0.29, 0.717) is 10.6 Å². The van der Waals surface area contributed by atoms with E-state index in [9.17, 15) is 9.59 Å². The van der Waals surface area contributed by atoms with E-state index in [1.807, 2.05) is 0 Å². The lowest BCUT2D eigenvalue weighted by atomic mass is 10.4. The minimum atomic E-state index is -0.400. The zero-order chi connectivity index (χ0) is 13.8. The lowest BCUT2D eigenvalue weighted by Crippen LogP contribution is -2.12. The molecule has 2 rings (SSSR count). The summed E-state index contributed by atoms with van der Waals surface area (Å²) in [7, 11) is 1.31. The van der Waals surface area contributed by atoms with Crippen molar-refractivity contribution >= 4 is 44.8 Å². The zero-order valence-electron chi connectivity index (χ0n) is 9.92. The Hall–Kier alpha value is -1.67. The Morgan fingerprint density at radius 1 is 1.53 bits per heavy atom. The first-order valence-electron chi connectivity index (χ1n) is 5.24. The number of carbonyl (C=O) groups excluding carboxylic acids is 2. The second kappa shape index (κ2) is 5.98. The smallest absolute Gasteiger partial charge is 0.327 e. The van der Waals surface area contributed by atoms with Gasteiger partial charge >= 0.3 is 5.97 Å². The summed E-state index contributed by atoms with van der Waals surface area (Å²) in [6.45, 7) is 0.0108. The summed E-state index contributed by atoms with van der Waals surface area (Å²) in [6, 6.07) is 3.53. The second-order valence-corrected chi connectivity index (χ2v) is 6.02. The van der Waals surface area contributed by atoms with E-state index in [2.05, 4.69) is 31.1 Å². The predicted molar refractivity (Wildman–Crippen MR) is 74.2 cm³/mol. The number of nitrogens with one attached hydrogen (secondary N) is 1. The van der Waals surface area contributed by atoms with E-state index in [4.69, 9.17) is 0 Å². The summed E-state index contributed by atoms with van der Waals surface area (Å²) in [4.78, 5) is 23.5. The first kappa shape index (κ1) is 13.8. The van der Waals surface area contributed by atoms with E-state index in [1.165, 1.54) is 29.3 Å². The van der Waals surface area contributed by atoms with Crippen LogP contribution in [0.2, 0.25) is 0 Å². The van der Waals surface area contributed by atoms with Gasteiger partial charge in [-0.1, -0.05) is 0 Å². The van der Waals surface area contributed by atoms with Crippen molar-refractivity contribution in [3.05, 3.63) is 33.2 Å². The van der Waals surface area contributed by atoms with E-state index >= 15 is 0 Å². The van der Waals surface area contributed by atoms with E-state index in [1.54, 1.807) is 18.3 Å². The second-order valence-electron chi connectivity index (χ2n) is 3.56. The molecule has 6 nitrogen and oxygen atoms in total. The number of carbonyl (C=O) groups is 2. The zero-order valence-corrected chi connectivity index (χ0v) is 12.3. The van der Waals surface area contributed by atoms with Gasteiger partial charge in [-0.2, -0.15) is 5.10 Å². The Morgan fingerprint density at radius 3 is 2.95 bits per heavy atom. The number of esters is 1. The molecule has 2 aromatic rings. The first-order valence-corrected chi connectivity index (χ1v) is 6.85. The normalized spacial score (nSPS) is 10.2. The van der Waals surface area contributed by atoms with Crippen LogP contribution in [0.1, 0.15) is 9.67 Å². The van der Waals surface area contributed by atoms with Gasteiger partial charge in [-0.25, -0.2) is 0 Å². The molecule has 0 unspecified atom stereocenters. The van der Waals surface area contributed by atoms with Crippen LogP contribution in [0.15, 0.2) is 28.3 Å². The molecule has 0 aliphatic heterocycles. The monoisotopic (exact) mass is 343 g/mol. The van der Waals surface area contributed by atoms with Crippen molar-refractivity contribution in [2.45, 2.75) is 6.54 Å². The Balaban J connectivity index is 2.00. The van der Waals surface area contributed by atoms with Gasteiger partial charge < -0.3 is 10.1 Å². The molecule has 1 amide bonds. The average molecular weight is 344 g/mol. The van der Waals surface area contributed by atoms with Crippen LogP contribution in [-0.4, -0.2) is 28.8 Å². The van der Waals surface area contributed by atoms with Crippen LogP contribution in [0.25, 0.3) is 0 Å². The highest BCUT2D eigenvalue weighted by Crippen LogP contribution is 2.22. The summed E-state index contributed by atoms with van der Waals surface area (Å²) < 4.78 is 6.81. The van der Waals surface area contributed by atoms with Crippen molar-refractivity contribution in [2.75, 3.05) is 12.4 Å². The maximum atomic E-state index is 11.9. The predicted octanol–water partition coefficient (Wildman–Crippen LogP) is 2.13. The third kappa shape index (κ3) is 3.65. The number of rotatable bonds is 4. The number of amides is 1. The standard InChI is InChI=1S/C11H10BrN3O3S/c1-18-10(16)6-15-5-7(4-13-15)14-11(17)8-2-3-9(12)19-8/h2-5H,6H2,1H3,(H,14,17). The number of thiophene rings is 1. The lowest BCUT2D eigenvalue weighted by Gasteiger charge is -1.99. The fourth-order valence-corrected chi connectivity index (χ4v) is 2.62. The highest BCUT2D eigenvalue weighted by Gasteiger charge is 2.10. The minimum absolute atomic E-state index is 0.0108. The number of methoxy groups -OCH3 is 1. The molecule has 0 aliphatic rings. The number of hydrogen-bond acceptors (Lipinski definition) is 5. The van der Waals surface area contributed by atoms with Crippen LogP contribution in [0.3, 0.4) is 0 Å². The first-order chi connectivity index (χ1) is 9.08. The minimum Gasteiger partial charge on any atom is -0.468 e. The molecule has 0 aromatic carbocycles. The molecule has 8 heteroatoms. The quantitative estimate of drug-likeness (QED) is 0.863. The number of aromatic nitrogens is 2. The van der Waals surface area contributed by atoms with Gasteiger partial charge in [0.25, 0.3) is 5.91 Å². The van der Waals surface area contributed by atoms with Gasteiger partial charge in [0.15, 0.2) is 0 Å². The maximum Gasteiger partial charge on any atom is 0.327 e. The molecule has 0 aliphatic carbocycles. The van der Waals surface area contributed by atoms with Crippen molar-refractivity contribution in [2.24, 2.45) is 0 Å². The number of ether oxygens (including phenoxy) is 1. The molecule has 0 atom stereocenters. The third-order valence-corrected chi connectivity index (χ3v) is 3.83. The fraction of sp³-hybridized carbons (Fsp3) is 0.182. The van der Waals surface area contributed by atoms with Gasteiger partial charge in [0, 0.05) is 6.20 Å². The van der Waals surface area contributed by atoms with Gasteiger partial charge in [-0.15, -0.1) is 11.3 Å². The highest BCUT2D eigenvalue weighted by molar-refractivity contribution is 9.11. The molecular weight excluding hydrogens is 334 g/mol. The van der Waals surface area contributed by atoms with Crippen LogP contribution in [0.4, 0.5) is 5.69 Å². The number of halogens is 1. The van der Waals surface area contributed by atoms with Crippen LogP contribution < -0.4 is 5.32 Å². The highest BCUT2D eigenvalue weighted by atomic mass is 79.9. The van der Waals surface area contributed by atoms with Crippen molar-refractivity contribution in [1.29, 1.82) is 0 Å². The van der Waals surface area contributed by atoms with Gasteiger partial charge in [-0.05, 0) is 28.1 Å². The Labute approximate surface area is 121 Å². The topological polar surface area (TPSA) is 73.2 Å². The molecule has 2 heterocycles. The van der Waals surface area contributed by atoms with Crippen LogP contribution in [-0.2, 0) is 16.1 Å². The molecule has 1 N–H and O–H groups in total. The molecule has 0 radical (unpaired) electrons.